The minimum atomic E-state index is -0.174. The summed E-state index contributed by atoms with van der Waals surface area (Å²) in [5.41, 5.74) is 0.316. The van der Waals surface area contributed by atoms with Gasteiger partial charge in [0.05, 0.1) is 12.4 Å². The van der Waals surface area contributed by atoms with Crippen LogP contribution in [0.25, 0.3) is 0 Å². The van der Waals surface area contributed by atoms with Crippen molar-refractivity contribution in [3.63, 3.8) is 0 Å². The Morgan fingerprint density at radius 3 is 2.77 bits per heavy atom. The van der Waals surface area contributed by atoms with Gasteiger partial charge in [0.25, 0.3) is 5.91 Å². The maximum atomic E-state index is 11.3. The van der Waals surface area contributed by atoms with E-state index in [1.807, 2.05) is 0 Å². The van der Waals surface area contributed by atoms with E-state index in [0.29, 0.717) is 16.9 Å². The Labute approximate surface area is 80.3 Å². The van der Waals surface area contributed by atoms with E-state index < -0.39 is 0 Å². The van der Waals surface area contributed by atoms with E-state index in [1.54, 1.807) is 0 Å². The molecule has 1 aliphatic rings. The first-order valence-electron chi connectivity index (χ1n) is 4.04. The van der Waals surface area contributed by atoms with Crippen molar-refractivity contribution in [2.24, 2.45) is 0 Å². The number of amides is 1. The standard InChI is InChI=1S/C8H8ClN3O/c9-7-4-10-6(3-11-7)8(13)12-5-1-2-5/h3-5H,1-2H2,(H,12,13). The molecule has 1 amide bonds. The molecule has 1 fully saturated rings. The van der Waals surface area contributed by atoms with Crippen LogP contribution in [0.1, 0.15) is 23.3 Å². The van der Waals surface area contributed by atoms with Crippen molar-refractivity contribution in [3.8, 4) is 0 Å². The third kappa shape index (κ3) is 2.15. The quantitative estimate of drug-likeness (QED) is 0.770. The Hall–Kier alpha value is -1.16. The summed E-state index contributed by atoms with van der Waals surface area (Å²) in [5.74, 6) is -0.174. The van der Waals surface area contributed by atoms with Gasteiger partial charge in [-0.05, 0) is 12.8 Å². The molecule has 0 aromatic carbocycles. The minimum absolute atomic E-state index is 0.174. The molecule has 0 spiro atoms. The lowest BCUT2D eigenvalue weighted by molar-refractivity contribution is 0.0945. The van der Waals surface area contributed by atoms with E-state index in [1.165, 1.54) is 12.4 Å². The van der Waals surface area contributed by atoms with Gasteiger partial charge in [0, 0.05) is 6.04 Å². The number of hydrogen-bond acceptors (Lipinski definition) is 3. The van der Waals surface area contributed by atoms with Gasteiger partial charge in [-0.3, -0.25) is 4.79 Å². The average molecular weight is 198 g/mol. The molecule has 0 unspecified atom stereocenters. The summed E-state index contributed by atoms with van der Waals surface area (Å²) in [6.45, 7) is 0. The van der Waals surface area contributed by atoms with Crippen molar-refractivity contribution in [2.75, 3.05) is 0 Å². The molecule has 0 aliphatic heterocycles. The van der Waals surface area contributed by atoms with Gasteiger partial charge in [0.15, 0.2) is 0 Å². The van der Waals surface area contributed by atoms with E-state index in [4.69, 9.17) is 11.6 Å². The first kappa shape index (κ1) is 8.44. The number of carbonyl (C=O) groups excluding carboxylic acids is 1. The van der Waals surface area contributed by atoms with E-state index in [2.05, 4.69) is 15.3 Å². The second-order valence-corrected chi connectivity index (χ2v) is 3.36. The van der Waals surface area contributed by atoms with Crippen LogP contribution in [0.5, 0.6) is 0 Å². The molecule has 68 valence electrons. The molecular weight excluding hydrogens is 190 g/mol. The number of nitrogens with one attached hydrogen (secondary N) is 1. The number of halogens is 1. The molecule has 1 aromatic heterocycles. The number of rotatable bonds is 2. The Morgan fingerprint density at radius 2 is 2.23 bits per heavy atom. The van der Waals surface area contributed by atoms with Gasteiger partial charge in [-0.2, -0.15) is 0 Å². The molecule has 0 bridgehead atoms. The molecule has 1 aliphatic carbocycles. The third-order valence-electron chi connectivity index (χ3n) is 1.77. The molecule has 1 aromatic rings. The van der Waals surface area contributed by atoms with Gasteiger partial charge in [-0.25, -0.2) is 9.97 Å². The molecule has 0 radical (unpaired) electrons. The summed E-state index contributed by atoms with van der Waals surface area (Å²) >= 11 is 5.53. The van der Waals surface area contributed by atoms with Crippen LogP contribution in [-0.4, -0.2) is 21.9 Å². The van der Waals surface area contributed by atoms with Crippen LogP contribution in [0.3, 0.4) is 0 Å². The smallest absolute Gasteiger partial charge is 0.271 e. The number of aromatic nitrogens is 2. The normalized spacial score (nSPS) is 15.5. The molecule has 13 heavy (non-hydrogen) atoms. The molecule has 1 N–H and O–H groups in total. The van der Waals surface area contributed by atoms with E-state index in [-0.39, 0.29) is 5.91 Å². The van der Waals surface area contributed by atoms with Crippen LogP contribution in [0.2, 0.25) is 5.15 Å². The first-order valence-corrected chi connectivity index (χ1v) is 4.42. The zero-order valence-corrected chi connectivity index (χ0v) is 7.58. The van der Waals surface area contributed by atoms with Crippen molar-refractivity contribution in [1.82, 2.24) is 15.3 Å². The fourth-order valence-electron chi connectivity index (χ4n) is 0.917. The number of hydrogen-bond donors (Lipinski definition) is 1. The van der Waals surface area contributed by atoms with E-state index in [0.717, 1.165) is 12.8 Å². The number of nitrogens with zero attached hydrogens (tertiary/aromatic N) is 2. The lowest BCUT2D eigenvalue weighted by atomic mass is 10.4. The molecular formula is C8H8ClN3O. The second-order valence-electron chi connectivity index (χ2n) is 2.97. The van der Waals surface area contributed by atoms with Crippen molar-refractivity contribution in [3.05, 3.63) is 23.2 Å². The highest BCUT2D eigenvalue weighted by molar-refractivity contribution is 6.29. The Kier molecular flexibility index (Phi) is 2.14. The Bertz CT molecular complexity index is 321. The van der Waals surface area contributed by atoms with Crippen LogP contribution >= 0.6 is 11.6 Å². The predicted octanol–water partition coefficient (Wildman–Crippen LogP) is 1.02. The topological polar surface area (TPSA) is 54.9 Å². The predicted molar refractivity (Wildman–Crippen MR) is 47.5 cm³/mol. The van der Waals surface area contributed by atoms with Gasteiger partial charge in [-0.15, -0.1) is 0 Å². The van der Waals surface area contributed by atoms with Crippen molar-refractivity contribution < 1.29 is 4.79 Å². The maximum Gasteiger partial charge on any atom is 0.271 e. The largest absolute Gasteiger partial charge is 0.348 e. The highest BCUT2D eigenvalue weighted by atomic mass is 35.5. The van der Waals surface area contributed by atoms with E-state index in [9.17, 15) is 4.79 Å². The van der Waals surface area contributed by atoms with Crippen LogP contribution in [0, 0.1) is 0 Å². The van der Waals surface area contributed by atoms with Gasteiger partial charge >= 0.3 is 0 Å². The number of carbonyl (C=O) groups is 1. The van der Waals surface area contributed by atoms with Gasteiger partial charge in [0.1, 0.15) is 10.8 Å². The van der Waals surface area contributed by atoms with Crippen molar-refractivity contribution in [1.29, 1.82) is 0 Å². The zero-order valence-electron chi connectivity index (χ0n) is 6.83. The summed E-state index contributed by atoms with van der Waals surface area (Å²) in [5, 5.41) is 3.10. The fourth-order valence-corrected chi connectivity index (χ4v) is 1.01. The first-order chi connectivity index (χ1) is 6.25. The monoisotopic (exact) mass is 197 g/mol. The zero-order chi connectivity index (χ0) is 9.26. The average Bonchev–Trinajstić information content (AvgIpc) is 2.89. The van der Waals surface area contributed by atoms with Crippen LogP contribution < -0.4 is 5.32 Å². The summed E-state index contributed by atoms with van der Waals surface area (Å²) in [4.78, 5) is 19.0. The van der Waals surface area contributed by atoms with Gasteiger partial charge in [-0.1, -0.05) is 11.6 Å². The maximum absolute atomic E-state index is 11.3. The highest BCUT2D eigenvalue weighted by Gasteiger charge is 2.24. The molecule has 2 rings (SSSR count). The van der Waals surface area contributed by atoms with Crippen LogP contribution in [-0.2, 0) is 0 Å². The van der Waals surface area contributed by atoms with Crippen LogP contribution in [0.4, 0.5) is 0 Å². The molecule has 1 heterocycles. The van der Waals surface area contributed by atoms with Gasteiger partial charge < -0.3 is 5.32 Å². The van der Waals surface area contributed by atoms with E-state index >= 15 is 0 Å². The summed E-state index contributed by atoms with van der Waals surface area (Å²) < 4.78 is 0. The molecule has 4 nitrogen and oxygen atoms in total. The summed E-state index contributed by atoms with van der Waals surface area (Å²) in [7, 11) is 0. The minimum Gasteiger partial charge on any atom is -0.348 e. The second kappa shape index (κ2) is 3.30. The highest BCUT2D eigenvalue weighted by Crippen LogP contribution is 2.18. The lowest BCUT2D eigenvalue weighted by Crippen LogP contribution is -2.26. The fraction of sp³-hybridized carbons (Fsp3) is 0.375. The SMILES string of the molecule is O=C(NC1CC1)c1cnc(Cl)cn1. The summed E-state index contributed by atoms with van der Waals surface area (Å²) in [6, 6.07) is 0.338. The molecule has 0 atom stereocenters. The van der Waals surface area contributed by atoms with Crippen LogP contribution in [0.15, 0.2) is 12.4 Å². The van der Waals surface area contributed by atoms with Gasteiger partial charge in [0.2, 0.25) is 0 Å². The third-order valence-corrected chi connectivity index (χ3v) is 1.96. The van der Waals surface area contributed by atoms with Crippen molar-refractivity contribution in [2.45, 2.75) is 18.9 Å². The molecule has 0 saturated heterocycles. The van der Waals surface area contributed by atoms with Crippen molar-refractivity contribution >= 4 is 17.5 Å². The molecule has 5 heteroatoms. The molecule has 1 saturated carbocycles. The Morgan fingerprint density at radius 1 is 1.46 bits per heavy atom. The lowest BCUT2D eigenvalue weighted by Gasteiger charge is -2.00. The summed E-state index contributed by atoms with van der Waals surface area (Å²) in [6.07, 6.45) is 4.86. The Balaban J connectivity index is 2.05.